The molecule has 1 saturated heterocycles. The van der Waals surface area contributed by atoms with Crippen LogP contribution in [0.4, 0.5) is 0 Å². The number of hydrogen-bond donors (Lipinski definition) is 4. The Balaban J connectivity index is 1.53. The van der Waals surface area contributed by atoms with E-state index < -0.39 is 0 Å². The molecule has 0 bridgehead atoms. The highest BCUT2D eigenvalue weighted by Gasteiger charge is 2.32. The number of rotatable bonds is 2. The van der Waals surface area contributed by atoms with Gasteiger partial charge in [-0.2, -0.15) is 0 Å². The fraction of sp³-hybridized carbons (Fsp3) is 0.227. The second-order valence-electron chi connectivity index (χ2n) is 7.48. The van der Waals surface area contributed by atoms with E-state index in [2.05, 4.69) is 77.0 Å². The monoisotopic (exact) mass is 358 g/mol. The highest BCUT2D eigenvalue weighted by molar-refractivity contribution is 5.93. The molecule has 2 unspecified atom stereocenters. The van der Waals surface area contributed by atoms with Crippen LogP contribution < -0.4 is 10.6 Å². The summed E-state index contributed by atoms with van der Waals surface area (Å²) in [5.41, 5.74) is 6.79. The fourth-order valence-corrected chi connectivity index (χ4v) is 4.12. The van der Waals surface area contributed by atoms with Crippen LogP contribution in [0, 0.1) is 13.8 Å². The molecule has 3 heterocycles. The second-order valence-corrected chi connectivity index (χ2v) is 7.48. The minimum atomic E-state index is -0.379. The zero-order valence-electron chi connectivity index (χ0n) is 15.4. The van der Waals surface area contributed by atoms with Gasteiger partial charge in [-0.05, 0) is 42.7 Å². The van der Waals surface area contributed by atoms with E-state index in [-0.39, 0.29) is 18.0 Å². The average molecular weight is 358 g/mol. The van der Waals surface area contributed by atoms with Gasteiger partial charge in [0.1, 0.15) is 6.04 Å². The number of aromatic amines is 2. The van der Waals surface area contributed by atoms with Gasteiger partial charge in [0.2, 0.25) is 5.91 Å². The Morgan fingerprint density at radius 1 is 0.852 bits per heavy atom. The van der Waals surface area contributed by atoms with Gasteiger partial charge < -0.3 is 15.3 Å². The number of aryl methyl sites for hydroxylation is 2. The number of amides is 1. The lowest BCUT2D eigenvalue weighted by Crippen LogP contribution is -2.49. The fourth-order valence-electron chi connectivity index (χ4n) is 4.12. The number of fused-ring (bicyclic) bond motifs is 2. The molecule has 0 saturated carbocycles. The van der Waals surface area contributed by atoms with E-state index in [1.54, 1.807) is 0 Å². The number of aromatic nitrogens is 2. The molecule has 136 valence electrons. The zero-order chi connectivity index (χ0) is 18.5. The predicted molar refractivity (Wildman–Crippen MR) is 108 cm³/mol. The standard InChI is InChI=1S/C22H22N4O/c1-12-3-5-14-16(9-23-18(14)7-12)20-11-25-22(27)21(26-20)17-10-24-19-8-13(2)4-6-15(17)19/h3-10,20-21,23-24,26H,11H2,1-2H3,(H,25,27). The maximum Gasteiger partial charge on any atom is 0.241 e. The van der Waals surface area contributed by atoms with Crippen LogP contribution in [0.2, 0.25) is 0 Å². The van der Waals surface area contributed by atoms with E-state index >= 15 is 0 Å². The molecular formula is C22H22N4O. The van der Waals surface area contributed by atoms with Gasteiger partial charge in [0.05, 0.1) is 6.04 Å². The molecule has 2 aromatic carbocycles. The Bertz CT molecular complexity index is 1170. The third kappa shape index (κ3) is 2.62. The van der Waals surface area contributed by atoms with Crippen molar-refractivity contribution in [3.63, 3.8) is 0 Å². The molecule has 2 atom stereocenters. The first-order valence-corrected chi connectivity index (χ1v) is 9.29. The van der Waals surface area contributed by atoms with Gasteiger partial charge >= 0.3 is 0 Å². The van der Waals surface area contributed by atoms with Gasteiger partial charge in [-0.1, -0.05) is 24.3 Å². The van der Waals surface area contributed by atoms with Crippen LogP contribution in [0.3, 0.4) is 0 Å². The first kappa shape index (κ1) is 16.1. The molecule has 27 heavy (non-hydrogen) atoms. The lowest BCUT2D eigenvalue weighted by Gasteiger charge is -2.31. The maximum atomic E-state index is 12.6. The molecule has 4 aromatic rings. The summed E-state index contributed by atoms with van der Waals surface area (Å²) >= 11 is 0. The molecule has 0 radical (unpaired) electrons. The van der Waals surface area contributed by atoms with Crippen molar-refractivity contribution in [1.29, 1.82) is 0 Å². The minimum Gasteiger partial charge on any atom is -0.361 e. The first-order chi connectivity index (χ1) is 13.1. The first-order valence-electron chi connectivity index (χ1n) is 9.29. The van der Waals surface area contributed by atoms with Crippen molar-refractivity contribution >= 4 is 27.7 Å². The van der Waals surface area contributed by atoms with E-state index in [1.807, 2.05) is 6.20 Å². The lowest BCUT2D eigenvalue weighted by atomic mass is 9.97. The topological polar surface area (TPSA) is 72.7 Å². The van der Waals surface area contributed by atoms with Crippen molar-refractivity contribution in [2.24, 2.45) is 0 Å². The van der Waals surface area contributed by atoms with Crippen molar-refractivity contribution in [2.45, 2.75) is 25.9 Å². The van der Waals surface area contributed by atoms with Gasteiger partial charge in [-0.15, -0.1) is 0 Å². The molecule has 0 aliphatic carbocycles. The molecule has 1 aliphatic heterocycles. The van der Waals surface area contributed by atoms with E-state index in [9.17, 15) is 4.79 Å². The van der Waals surface area contributed by atoms with Gasteiger partial charge in [0.25, 0.3) is 0 Å². The van der Waals surface area contributed by atoms with Crippen LogP contribution in [-0.2, 0) is 4.79 Å². The van der Waals surface area contributed by atoms with Crippen molar-refractivity contribution in [2.75, 3.05) is 6.54 Å². The quantitative estimate of drug-likeness (QED) is 0.440. The molecule has 1 amide bonds. The van der Waals surface area contributed by atoms with Gasteiger partial charge in [0.15, 0.2) is 0 Å². The summed E-state index contributed by atoms with van der Waals surface area (Å²) in [5.74, 6) is 0.0170. The van der Waals surface area contributed by atoms with Crippen LogP contribution in [0.25, 0.3) is 21.8 Å². The molecule has 5 rings (SSSR count). The molecule has 0 spiro atoms. The molecule has 2 aromatic heterocycles. The SMILES string of the molecule is Cc1ccc2c(C3CNC(=O)C(c4c[nH]c5cc(C)ccc45)N3)c[nH]c2c1. The Morgan fingerprint density at radius 2 is 1.44 bits per heavy atom. The summed E-state index contributed by atoms with van der Waals surface area (Å²) in [4.78, 5) is 19.3. The predicted octanol–water partition coefficient (Wildman–Crippen LogP) is 3.77. The summed E-state index contributed by atoms with van der Waals surface area (Å²) in [6, 6.07) is 12.4. The summed E-state index contributed by atoms with van der Waals surface area (Å²) in [6.45, 7) is 4.74. The Hall–Kier alpha value is -3.05. The van der Waals surface area contributed by atoms with Gasteiger partial charge in [-0.25, -0.2) is 0 Å². The van der Waals surface area contributed by atoms with Crippen LogP contribution in [-0.4, -0.2) is 22.4 Å². The number of hydrogen-bond acceptors (Lipinski definition) is 2. The van der Waals surface area contributed by atoms with Crippen molar-refractivity contribution in [3.05, 3.63) is 71.0 Å². The zero-order valence-corrected chi connectivity index (χ0v) is 15.4. The van der Waals surface area contributed by atoms with E-state index in [1.165, 1.54) is 22.1 Å². The van der Waals surface area contributed by atoms with Gasteiger partial charge in [-0.3, -0.25) is 10.1 Å². The minimum absolute atomic E-state index is 0.0170. The van der Waals surface area contributed by atoms with Crippen LogP contribution in [0.15, 0.2) is 48.8 Å². The summed E-state index contributed by atoms with van der Waals surface area (Å²) in [5, 5.41) is 8.93. The highest BCUT2D eigenvalue weighted by Crippen LogP contribution is 2.32. The third-order valence-electron chi connectivity index (χ3n) is 5.54. The number of carbonyl (C=O) groups excluding carboxylic acids is 1. The van der Waals surface area contributed by atoms with Crippen LogP contribution in [0.5, 0.6) is 0 Å². The summed E-state index contributed by atoms with van der Waals surface area (Å²) in [6.07, 6.45) is 4.00. The Morgan fingerprint density at radius 3 is 2.11 bits per heavy atom. The highest BCUT2D eigenvalue weighted by atomic mass is 16.2. The van der Waals surface area contributed by atoms with E-state index in [0.29, 0.717) is 6.54 Å². The Labute approximate surface area is 157 Å². The molecular weight excluding hydrogens is 336 g/mol. The summed E-state index contributed by atoms with van der Waals surface area (Å²) in [7, 11) is 0. The Kier molecular flexibility index (Phi) is 3.58. The number of carbonyl (C=O) groups is 1. The largest absolute Gasteiger partial charge is 0.361 e. The van der Waals surface area contributed by atoms with Gasteiger partial charge in [0, 0.05) is 46.3 Å². The molecule has 1 fully saturated rings. The number of benzene rings is 2. The van der Waals surface area contributed by atoms with Crippen molar-refractivity contribution in [1.82, 2.24) is 20.6 Å². The average Bonchev–Trinajstić information content (AvgIpc) is 3.25. The summed E-state index contributed by atoms with van der Waals surface area (Å²) < 4.78 is 0. The second kappa shape index (κ2) is 5.99. The number of nitrogens with one attached hydrogen (secondary N) is 4. The van der Waals surface area contributed by atoms with Crippen LogP contribution in [0.1, 0.15) is 34.3 Å². The maximum absolute atomic E-state index is 12.6. The number of H-pyrrole nitrogens is 2. The molecule has 5 nitrogen and oxygen atoms in total. The molecule has 1 aliphatic rings. The normalized spacial score (nSPS) is 20.3. The van der Waals surface area contributed by atoms with Crippen LogP contribution >= 0.6 is 0 Å². The third-order valence-corrected chi connectivity index (χ3v) is 5.54. The molecule has 5 heteroatoms. The van der Waals surface area contributed by atoms with Crippen molar-refractivity contribution in [3.8, 4) is 0 Å². The van der Waals surface area contributed by atoms with Crippen molar-refractivity contribution < 1.29 is 4.79 Å². The van der Waals surface area contributed by atoms with E-state index in [0.717, 1.165) is 22.0 Å². The molecule has 4 N–H and O–H groups in total. The lowest BCUT2D eigenvalue weighted by molar-refractivity contribution is -0.125. The number of piperazine rings is 1. The van der Waals surface area contributed by atoms with E-state index in [4.69, 9.17) is 0 Å². The smallest absolute Gasteiger partial charge is 0.241 e.